The van der Waals surface area contributed by atoms with Gasteiger partial charge in [-0.3, -0.25) is 0 Å². The molecule has 0 spiro atoms. The number of nitrogens with zero attached hydrogens (tertiary/aromatic N) is 3. The number of aromatic nitrogens is 2. The summed E-state index contributed by atoms with van der Waals surface area (Å²) in [6, 6.07) is 8.10. The van der Waals surface area contributed by atoms with Gasteiger partial charge >= 0.3 is 0 Å². The molecular weight excluding hydrogens is 264 g/mol. The Morgan fingerprint density at radius 3 is 2.62 bits per heavy atom. The quantitative estimate of drug-likeness (QED) is 0.915. The van der Waals surface area contributed by atoms with Gasteiger partial charge in [-0.05, 0) is 32.4 Å². The van der Waals surface area contributed by atoms with Crippen LogP contribution in [-0.4, -0.2) is 23.6 Å². The Morgan fingerprint density at radius 1 is 1.19 bits per heavy atom. The molecule has 0 bridgehead atoms. The summed E-state index contributed by atoms with van der Waals surface area (Å²) < 4.78 is 5.36. The van der Waals surface area contributed by atoms with Gasteiger partial charge in [-0.2, -0.15) is 0 Å². The van der Waals surface area contributed by atoms with Crippen molar-refractivity contribution >= 4 is 17.3 Å². The van der Waals surface area contributed by atoms with Crippen LogP contribution in [0.5, 0.6) is 0 Å². The largest absolute Gasteiger partial charge is 0.384 e. The molecule has 5 heteroatoms. The first-order valence-electron chi connectivity index (χ1n) is 7.03. The minimum atomic E-state index is 0.370. The third kappa shape index (κ3) is 3.70. The van der Waals surface area contributed by atoms with E-state index >= 15 is 0 Å². The molecule has 0 saturated heterocycles. The maximum absolute atomic E-state index is 5.88. The number of hydrogen-bond acceptors (Lipinski definition) is 5. The summed E-state index contributed by atoms with van der Waals surface area (Å²) in [7, 11) is 1.98. The van der Waals surface area contributed by atoms with Crippen molar-refractivity contribution in [2.75, 3.05) is 24.3 Å². The van der Waals surface area contributed by atoms with Gasteiger partial charge in [0.05, 0.1) is 0 Å². The molecule has 0 fully saturated rings. The van der Waals surface area contributed by atoms with E-state index in [0.29, 0.717) is 24.9 Å². The van der Waals surface area contributed by atoms with E-state index in [1.165, 1.54) is 11.1 Å². The Balaban J connectivity index is 2.33. The molecule has 2 aromatic rings. The lowest BCUT2D eigenvalue weighted by molar-refractivity contribution is 0.128. The molecule has 2 N–H and O–H groups in total. The summed E-state index contributed by atoms with van der Waals surface area (Å²) in [6.45, 7) is 7.11. The molecule has 5 nitrogen and oxygen atoms in total. The van der Waals surface area contributed by atoms with Gasteiger partial charge in [-0.15, -0.1) is 0 Å². The van der Waals surface area contributed by atoms with E-state index < -0.39 is 0 Å². The minimum Gasteiger partial charge on any atom is -0.384 e. The zero-order valence-corrected chi connectivity index (χ0v) is 13.1. The van der Waals surface area contributed by atoms with Crippen LogP contribution in [0.15, 0.2) is 24.3 Å². The summed E-state index contributed by atoms with van der Waals surface area (Å²) in [5.74, 6) is 1.82. The van der Waals surface area contributed by atoms with Crippen LogP contribution in [0.1, 0.15) is 23.9 Å². The van der Waals surface area contributed by atoms with Crippen molar-refractivity contribution in [3.63, 3.8) is 0 Å². The van der Waals surface area contributed by atoms with Crippen molar-refractivity contribution in [3.05, 3.63) is 41.2 Å². The fourth-order valence-electron chi connectivity index (χ4n) is 2.24. The van der Waals surface area contributed by atoms with Crippen LogP contribution in [0, 0.1) is 13.8 Å². The van der Waals surface area contributed by atoms with Crippen molar-refractivity contribution in [2.45, 2.75) is 27.4 Å². The highest BCUT2D eigenvalue weighted by molar-refractivity contribution is 5.64. The van der Waals surface area contributed by atoms with Gasteiger partial charge in [0, 0.05) is 25.4 Å². The number of aryl methyl sites for hydroxylation is 2. The molecule has 0 aliphatic heterocycles. The summed E-state index contributed by atoms with van der Waals surface area (Å²) in [4.78, 5) is 10.7. The molecule has 0 amide bonds. The Hall–Kier alpha value is -2.14. The van der Waals surface area contributed by atoms with Crippen molar-refractivity contribution in [1.29, 1.82) is 0 Å². The molecule has 0 aliphatic rings. The molecule has 0 saturated carbocycles. The third-order valence-corrected chi connectivity index (χ3v) is 3.27. The molecule has 0 radical (unpaired) electrons. The maximum Gasteiger partial charge on any atom is 0.158 e. The van der Waals surface area contributed by atoms with Crippen molar-refractivity contribution in [2.24, 2.45) is 0 Å². The minimum absolute atomic E-state index is 0.370. The highest BCUT2D eigenvalue weighted by atomic mass is 16.5. The van der Waals surface area contributed by atoms with E-state index in [1.54, 1.807) is 6.07 Å². The first-order chi connectivity index (χ1) is 10.0. The lowest BCUT2D eigenvalue weighted by Gasteiger charge is -2.21. The third-order valence-electron chi connectivity index (χ3n) is 3.27. The summed E-state index contributed by atoms with van der Waals surface area (Å²) in [6.07, 6.45) is 0. The van der Waals surface area contributed by atoms with E-state index in [2.05, 4.69) is 42.0 Å². The highest BCUT2D eigenvalue weighted by Gasteiger charge is 2.11. The van der Waals surface area contributed by atoms with Gasteiger partial charge < -0.3 is 15.4 Å². The van der Waals surface area contributed by atoms with E-state index in [4.69, 9.17) is 10.5 Å². The van der Waals surface area contributed by atoms with Gasteiger partial charge in [0.25, 0.3) is 0 Å². The lowest BCUT2D eigenvalue weighted by atomic mass is 10.1. The molecule has 1 aromatic heterocycles. The second-order valence-electron chi connectivity index (χ2n) is 5.05. The molecule has 1 heterocycles. The van der Waals surface area contributed by atoms with Crippen LogP contribution in [-0.2, 0) is 11.3 Å². The second kappa shape index (κ2) is 6.54. The monoisotopic (exact) mass is 286 g/mol. The van der Waals surface area contributed by atoms with Crippen LogP contribution in [0.2, 0.25) is 0 Å². The van der Waals surface area contributed by atoms with Gasteiger partial charge in [0.2, 0.25) is 0 Å². The van der Waals surface area contributed by atoms with Gasteiger partial charge in [0.1, 0.15) is 18.2 Å². The summed E-state index contributed by atoms with van der Waals surface area (Å²) >= 11 is 0. The number of rotatable bonds is 5. The molecule has 0 unspecified atom stereocenters. The van der Waals surface area contributed by atoms with Crippen molar-refractivity contribution < 1.29 is 4.74 Å². The van der Waals surface area contributed by atoms with Gasteiger partial charge in [0.15, 0.2) is 5.82 Å². The van der Waals surface area contributed by atoms with Gasteiger partial charge in [-0.25, -0.2) is 9.97 Å². The van der Waals surface area contributed by atoms with E-state index in [-0.39, 0.29) is 0 Å². The number of benzene rings is 1. The smallest absolute Gasteiger partial charge is 0.158 e. The molecule has 0 aliphatic carbocycles. The Bertz CT molecular complexity index is 628. The van der Waals surface area contributed by atoms with Crippen molar-refractivity contribution in [1.82, 2.24) is 9.97 Å². The number of ether oxygens (including phenoxy) is 1. The van der Waals surface area contributed by atoms with E-state index in [0.717, 1.165) is 11.5 Å². The Morgan fingerprint density at radius 2 is 1.95 bits per heavy atom. The van der Waals surface area contributed by atoms with Crippen LogP contribution in [0.25, 0.3) is 0 Å². The molecule has 1 aromatic carbocycles. The van der Waals surface area contributed by atoms with Crippen LogP contribution >= 0.6 is 0 Å². The second-order valence-corrected chi connectivity index (χ2v) is 5.05. The Kier molecular flexibility index (Phi) is 4.75. The zero-order valence-electron chi connectivity index (χ0n) is 13.1. The molecule has 112 valence electrons. The number of nitrogens with two attached hydrogens (primary N) is 1. The van der Waals surface area contributed by atoms with Crippen LogP contribution < -0.4 is 10.6 Å². The molecular formula is C16H22N4O. The average molecular weight is 286 g/mol. The van der Waals surface area contributed by atoms with Crippen LogP contribution in [0.4, 0.5) is 17.3 Å². The number of nitrogen functional groups attached to an aromatic ring is 1. The zero-order chi connectivity index (χ0) is 15.4. The normalized spacial score (nSPS) is 10.7. The first-order valence-corrected chi connectivity index (χ1v) is 7.03. The Labute approximate surface area is 125 Å². The SMILES string of the molecule is CCOCc1nc(N)cc(N(C)c2ccc(C)cc2C)n1. The average Bonchev–Trinajstić information content (AvgIpc) is 2.44. The highest BCUT2D eigenvalue weighted by Crippen LogP contribution is 2.26. The summed E-state index contributed by atoms with van der Waals surface area (Å²) in [5, 5.41) is 0. The van der Waals surface area contributed by atoms with Gasteiger partial charge in [-0.1, -0.05) is 17.7 Å². The van der Waals surface area contributed by atoms with Crippen molar-refractivity contribution in [3.8, 4) is 0 Å². The lowest BCUT2D eigenvalue weighted by Crippen LogP contribution is -2.15. The van der Waals surface area contributed by atoms with E-state index in [1.807, 2.05) is 18.9 Å². The number of hydrogen-bond donors (Lipinski definition) is 1. The van der Waals surface area contributed by atoms with Crippen LogP contribution in [0.3, 0.4) is 0 Å². The predicted octanol–water partition coefficient (Wildman–Crippen LogP) is 2.98. The fourth-order valence-corrected chi connectivity index (χ4v) is 2.24. The predicted molar refractivity (Wildman–Crippen MR) is 85.8 cm³/mol. The molecule has 2 rings (SSSR count). The topological polar surface area (TPSA) is 64.3 Å². The molecule has 0 atom stereocenters. The molecule has 21 heavy (non-hydrogen) atoms. The standard InChI is InChI=1S/C16H22N4O/c1-5-21-10-15-18-14(17)9-16(19-15)20(4)13-7-6-11(2)8-12(13)3/h6-9H,5,10H2,1-4H3,(H2,17,18,19). The maximum atomic E-state index is 5.88. The summed E-state index contributed by atoms with van der Waals surface area (Å²) in [5.41, 5.74) is 9.41. The fraction of sp³-hybridized carbons (Fsp3) is 0.375. The first kappa shape index (κ1) is 15.3. The van der Waals surface area contributed by atoms with E-state index in [9.17, 15) is 0 Å². The number of anilines is 3.